The lowest BCUT2D eigenvalue weighted by Crippen LogP contribution is -2.40. The summed E-state index contributed by atoms with van der Waals surface area (Å²) in [5.41, 5.74) is 3.57. The Kier molecular flexibility index (Phi) is 6.69. The first kappa shape index (κ1) is 18.9. The van der Waals surface area contributed by atoms with Gasteiger partial charge in [0.1, 0.15) is 5.75 Å². The average molecular weight is 357 g/mol. The van der Waals surface area contributed by atoms with Gasteiger partial charge in [-0.05, 0) is 63.4 Å². The highest BCUT2D eigenvalue weighted by Crippen LogP contribution is 2.21. The molecule has 5 nitrogen and oxygen atoms in total. The average Bonchev–Trinajstić information content (AvgIpc) is 3.05. The van der Waals surface area contributed by atoms with E-state index >= 15 is 0 Å². The molecule has 3 rings (SSSR count). The van der Waals surface area contributed by atoms with E-state index < -0.39 is 0 Å². The quantitative estimate of drug-likeness (QED) is 0.789. The minimum atomic E-state index is 0.742. The van der Waals surface area contributed by atoms with Gasteiger partial charge in [0.2, 0.25) is 0 Å². The van der Waals surface area contributed by atoms with Crippen molar-refractivity contribution in [3.8, 4) is 5.75 Å². The van der Waals surface area contributed by atoms with Gasteiger partial charge in [0.15, 0.2) is 0 Å². The lowest BCUT2D eigenvalue weighted by Gasteiger charge is -2.34. The molecule has 1 atom stereocenters. The standard InChI is InChI=1S/C21H32N4O/c1-17-13-20(23-22-17)16-24(2)14-18-7-6-11-25(15-18)12-10-19-8-4-5-9-21(19)26-3/h4-5,8-9,13,18H,6-7,10-12,14-16H2,1-3H3,(H,22,23)/t18-/m1/s1. The van der Waals surface area contributed by atoms with Crippen molar-refractivity contribution in [3.63, 3.8) is 0 Å². The van der Waals surface area contributed by atoms with Crippen LogP contribution in [-0.4, -0.2) is 60.3 Å². The first-order valence-electron chi connectivity index (χ1n) is 9.67. The minimum Gasteiger partial charge on any atom is -0.496 e. The first-order valence-corrected chi connectivity index (χ1v) is 9.67. The molecule has 0 spiro atoms. The zero-order chi connectivity index (χ0) is 18.4. The van der Waals surface area contributed by atoms with Gasteiger partial charge in [0.25, 0.3) is 0 Å². The fourth-order valence-electron chi connectivity index (χ4n) is 4.03. The molecule has 0 bridgehead atoms. The van der Waals surface area contributed by atoms with Crippen molar-refractivity contribution in [2.75, 3.05) is 40.3 Å². The van der Waals surface area contributed by atoms with Gasteiger partial charge in [-0.1, -0.05) is 18.2 Å². The fraction of sp³-hybridized carbons (Fsp3) is 0.571. The molecule has 2 aromatic rings. The number of piperidine rings is 1. The number of hydrogen-bond acceptors (Lipinski definition) is 4. The van der Waals surface area contributed by atoms with Crippen LogP contribution in [0.15, 0.2) is 30.3 Å². The van der Waals surface area contributed by atoms with E-state index in [1.54, 1.807) is 7.11 Å². The molecule has 1 fully saturated rings. The zero-order valence-electron chi connectivity index (χ0n) is 16.4. The molecule has 0 saturated carbocycles. The van der Waals surface area contributed by atoms with Crippen molar-refractivity contribution in [1.29, 1.82) is 0 Å². The summed E-state index contributed by atoms with van der Waals surface area (Å²) in [5.74, 6) is 1.75. The number of aryl methyl sites for hydroxylation is 1. The molecule has 1 aromatic heterocycles. The van der Waals surface area contributed by atoms with E-state index in [-0.39, 0.29) is 0 Å². The maximum Gasteiger partial charge on any atom is 0.122 e. The number of benzene rings is 1. The second kappa shape index (κ2) is 9.19. The SMILES string of the molecule is COc1ccccc1CCN1CCC[C@H](CN(C)Cc2cc(C)[nH]n2)C1. The number of aromatic amines is 1. The first-order chi connectivity index (χ1) is 12.6. The van der Waals surface area contributed by atoms with E-state index in [1.807, 2.05) is 6.07 Å². The van der Waals surface area contributed by atoms with E-state index in [4.69, 9.17) is 4.74 Å². The highest BCUT2D eigenvalue weighted by molar-refractivity contribution is 5.33. The van der Waals surface area contributed by atoms with Crippen LogP contribution in [0.25, 0.3) is 0 Å². The molecule has 1 saturated heterocycles. The van der Waals surface area contributed by atoms with Gasteiger partial charge < -0.3 is 14.5 Å². The third-order valence-corrected chi connectivity index (χ3v) is 5.25. The summed E-state index contributed by atoms with van der Waals surface area (Å²) in [6.07, 6.45) is 3.68. The lowest BCUT2D eigenvalue weighted by molar-refractivity contribution is 0.141. The monoisotopic (exact) mass is 356 g/mol. The number of aromatic nitrogens is 2. The number of para-hydroxylation sites is 1. The fourth-order valence-corrected chi connectivity index (χ4v) is 4.03. The smallest absolute Gasteiger partial charge is 0.122 e. The molecular weight excluding hydrogens is 324 g/mol. The number of nitrogens with zero attached hydrogens (tertiary/aromatic N) is 3. The molecule has 0 radical (unpaired) electrons. The lowest BCUT2D eigenvalue weighted by atomic mass is 9.97. The van der Waals surface area contributed by atoms with Gasteiger partial charge in [-0.25, -0.2) is 0 Å². The Balaban J connectivity index is 1.46. The molecule has 2 heterocycles. The number of likely N-dealkylation sites (tertiary alicyclic amines) is 1. The molecule has 0 aliphatic carbocycles. The van der Waals surface area contributed by atoms with Gasteiger partial charge in [-0.3, -0.25) is 5.10 Å². The molecular formula is C21H32N4O. The highest BCUT2D eigenvalue weighted by atomic mass is 16.5. The Bertz CT molecular complexity index is 684. The van der Waals surface area contributed by atoms with Crippen LogP contribution >= 0.6 is 0 Å². The van der Waals surface area contributed by atoms with Crippen molar-refractivity contribution in [3.05, 3.63) is 47.3 Å². The second-order valence-electron chi connectivity index (χ2n) is 7.61. The predicted octanol–water partition coefficient (Wildman–Crippen LogP) is 3.11. The molecule has 1 aliphatic rings. The predicted molar refractivity (Wildman–Crippen MR) is 106 cm³/mol. The Labute approximate surface area is 157 Å². The van der Waals surface area contributed by atoms with Gasteiger partial charge in [-0.15, -0.1) is 0 Å². The molecule has 1 aliphatic heterocycles. The van der Waals surface area contributed by atoms with Crippen LogP contribution in [0.2, 0.25) is 0 Å². The Hall–Kier alpha value is -1.85. The summed E-state index contributed by atoms with van der Waals surface area (Å²) in [6.45, 7) is 7.63. The summed E-state index contributed by atoms with van der Waals surface area (Å²) in [5, 5.41) is 7.39. The van der Waals surface area contributed by atoms with Crippen molar-refractivity contribution in [2.24, 2.45) is 5.92 Å². The third kappa shape index (κ3) is 5.32. The summed E-state index contributed by atoms with van der Waals surface area (Å²) >= 11 is 0. The summed E-state index contributed by atoms with van der Waals surface area (Å²) in [6, 6.07) is 10.5. The number of hydrogen-bond donors (Lipinski definition) is 1. The van der Waals surface area contributed by atoms with E-state index in [0.29, 0.717) is 0 Å². The molecule has 142 valence electrons. The van der Waals surface area contributed by atoms with E-state index in [1.165, 1.54) is 31.5 Å². The number of methoxy groups -OCH3 is 1. The van der Waals surface area contributed by atoms with Crippen molar-refractivity contribution < 1.29 is 4.74 Å². The summed E-state index contributed by atoms with van der Waals surface area (Å²) < 4.78 is 5.48. The van der Waals surface area contributed by atoms with Crippen LogP contribution in [0.3, 0.4) is 0 Å². The Morgan fingerprint density at radius 2 is 2.19 bits per heavy atom. The second-order valence-corrected chi connectivity index (χ2v) is 7.61. The molecule has 0 unspecified atom stereocenters. The van der Waals surface area contributed by atoms with Crippen LogP contribution in [0.5, 0.6) is 5.75 Å². The van der Waals surface area contributed by atoms with Gasteiger partial charge >= 0.3 is 0 Å². The Morgan fingerprint density at radius 3 is 2.96 bits per heavy atom. The Morgan fingerprint density at radius 1 is 1.35 bits per heavy atom. The van der Waals surface area contributed by atoms with Crippen molar-refractivity contribution >= 4 is 0 Å². The van der Waals surface area contributed by atoms with Gasteiger partial charge in [0.05, 0.1) is 12.8 Å². The van der Waals surface area contributed by atoms with Gasteiger partial charge in [0, 0.05) is 31.9 Å². The topological polar surface area (TPSA) is 44.4 Å². The van der Waals surface area contributed by atoms with Crippen LogP contribution in [0, 0.1) is 12.8 Å². The van der Waals surface area contributed by atoms with E-state index in [9.17, 15) is 0 Å². The molecule has 1 N–H and O–H groups in total. The number of rotatable bonds is 8. The number of ether oxygens (including phenoxy) is 1. The molecule has 0 amide bonds. The minimum absolute atomic E-state index is 0.742. The van der Waals surface area contributed by atoms with Crippen molar-refractivity contribution in [2.45, 2.75) is 32.7 Å². The van der Waals surface area contributed by atoms with Gasteiger partial charge in [-0.2, -0.15) is 5.10 Å². The van der Waals surface area contributed by atoms with Crippen LogP contribution in [0.4, 0.5) is 0 Å². The molecule has 1 aromatic carbocycles. The van der Waals surface area contributed by atoms with Crippen molar-refractivity contribution in [1.82, 2.24) is 20.0 Å². The van der Waals surface area contributed by atoms with Crippen LogP contribution in [-0.2, 0) is 13.0 Å². The maximum atomic E-state index is 5.48. The maximum absolute atomic E-state index is 5.48. The molecule has 26 heavy (non-hydrogen) atoms. The number of nitrogens with one attached hydrogen (secondary N) is 1. The largest absolute Gasteiger partial charge is 0.496 e. The zero-order valence-corrected chi connectivity index (χ0v) is 16.4. The normalized spacial score (nSPS) is 18.4. The summed E-state index contributed by atoms with van der Waals surface area (Å²) in [4.78, 5) is 5.02. The van der Waals surface area contributed by atoms with E-state index in [2.05, 4.69) is 58.2 Å². The summed E-state index contributed by atoms with van der Waals surface area (Å²) in [7, 11) is 3.96. The highest BCUT2D eigenvalue weighted by Gasteiger charge is 2.21. The van der Waals surface area contributed by atoms with E-state index in [0.717, 1.165) is 49.1 Å². The number of H-pyrrole nitrogens is 1. The van der Waals surface area contributed by atoms with Crippen LogP contribution in [0.1, 0.15) is 29.8 Å². The molecule has 5 heteroatoms. The third-order valence-electron chi connectivity index (χ3n) is 5.25. The van der Waals surface area contributed by atoms with Crippen LogP contribution < -0.4 is 4.74 Å².